The molecule has 0 bridgehead atoms. The van der Waals surface area contributed by atoms with Crippen LogP contribution in [0.2, 0.25) is 10.0 Å². The molecule has 1 aromatic rings. The molecule has 1 N–H and O–H groups in total. The monoisotopic (exact) mass is 341 g/mol. The van der Waals surface area contributed by atoms with Gasteiger partial charge in [-0.1, -0.05) is 29.3 Å². The molecule has 2 aliphatic heterocycles. The van der Waals surface area contributed by atoms with Gasteiger partial charge in [-0.15, -0.1) is 0 Å². The molecule has 3 rings (SSSR count). The average Bonchev–Trinajstić information content (AvgIpc) is 3.00. The van der Waals surface area contributed by atoms with Crippen LogP contribution >= 0.6 is 23.2 Å². The van der Waals surface area contributed by atoms with Crippen LogP contribution in [0.4, 0.5) is 0 Å². The van der Waals surface area contributed by atoms with Crippen LogP contribution in [0.25, 0.3) is 0 Å². The second-order valence-corrected chi connectivity index (χ2v) is 6.21. The van der Waals surface area contributed by atoms with Crippen molar-refractivity contribution < 1.29 is 19.4 Å². The van der Waals surface area contributed by atoms with Crippen LogP contribution < -0.4 is 0 Å². The summed E-state index contributed by atoms with van der Waals surface area (Å²) in [4.78, 5) is 25.6. The lowest BCUT2D eigenvalue weighted by atomic mass is 9.92. The lowest BCUT2D eigenvalue weighted by Crippen LogP contribution is -2.32. The van der Waals surface area contributed by atoms with Crippen molar-refractivity contribution in [1.29, 1.82) is 0 Å². The molecule has 116 valence electrons. The standard InChI is InChI=1S/C15H13Cl2NO4/c1-15(8-4-5-9(16)10(17)7-8)13(21)12(20)14(22-15)18-6-2-3-11(18)19/h4-5,7,20H,2-3,6H2,1H3. The molecule has 2 heterocycles. The number of halogens is 2. The summed E-state index contributed by atoms with van der Waals surface area (Å²) in [6.07, 6.45) is 1.04. The van der Waals surface area contributed by atoms with Gasteiger partial charge in [0.1, 0.15) is 0 Å². The number of rotatable bonds is 2. The van der Waals surface area contributed by atoms with Gasteiger partial charge in [0.15, 0.2) is 5.60 Å². The number of aliphatic hydroxyl groups is 1. The summed E-state index contributed by atoms with van der Waals surface area (Å²) in [5.41, 5.74) is -0.976. The maximum atomic E-state index is 12.5. The van der Waals surface area contributed by atoms with Crippen molar-refractivity contribution in [3.63, 3.8) is 0 Å². The van der Waals surface area contributed by atoms with Gasteiger partial charge in [-0.05, 0) is 25.5 Å². The van der Waals surface area contributed by atoms with Crippen LogP contribution in [-0.2, 0) is 19.9 Å². The molecule has 5 nitrogen and oxygen atoms in total. The first kappa shape index (κ1) is 15.2. The van der Waals surface area contributed by atoms with Gasteiger partial charge in [-0.25, -0.2) is 0 Å². The van der Waals surface area contributed by atoms with Crippen LogP contribution in [-0.4, -0.2) is 28.2 Å². The summed E-state index contributed by atoms with van der Waals surface area (Å²) in [6, 6.07) is 4.68. The Morgan fingerprint density at radius 3 is 2.59 bits per heavy atom. The Morgan fingerprint density at radius 1 is 1.27 bits per heavy atom. The summed E-state index contributed by atoms with van der Waals surface area (Å²) < 4.78 is 5.69. The van der Waals surface area contributed by atoms with Gasteiger partial charge in [0.25, 0.3) is 5.78 Å². The van der Waals surface area contributed by atoms with E-state index in [2.05, 4.69) is 0 Å². The van der Waals surface area contributed by atoms with E-state index in [0.717, 1.165) is 0 Å². The Kier molecular flexibility index (Phi) is 3.57. The second kappa shape index (κ2) is 5.18. The number of nitrogens with zero attached hydrogens (tertiary/aromatic N) is 1. The average molecular weight is 342 g/mol. The summed E-state index contributed by atoms with van der Waals surface area (Å²) >= 11 is 11.9. The van der Waals surface area contributed by atoms with E-state index < -0.39 is 17.1 Å². The first-order valence-electron chi connectivity index (χ1n) is 6.77. The summed E-state index contributed by atoms with van der Waals surface area (Å²) in [5.74, 6) is -1.40. The first-order chi connectivity index (χ1) is 10.3. The molecule has 0 radical (unpaired) electrons. The van der Waals surface area contributed by atoms with Crippen LogP contribution in [0.5, 0.6) is 0 Å². The highest BCUT2D eigenvalue weighted by Gasteiger charge is 2.50. The number of ether oxygens (including phenoxy) is 1. The molecule has 0 saturated carbocycles. The smallest absolute Gasteiger partial charge is 0.250 e. The number of hydrogen-bond donors (Lipinski definition) is 1. The Labute approximate surface area is 137 Å². The third-order valence-electron chi connectivity index (χ3n) is 3.94. The fourth-order valence-electron chi connectivity index (χ4n) is 2.64. The zero-order valence-corrected chi connectivity index (χ0v) is 13.2. The van der Waals surface area contributed by atoms with Crippen LogP contribution in [0, 0.1) is 0 Å². The number of Topliss-reactive ketones (excluding diaryl/α,β-unsaturated/α-hetero) is 1. The van der Waals surface area contributed by atoms with E-state index in [9.17, 15) is 14.7 Å². The van der Waals surface area contributed by atoms with E-state index in [4.69, 9.17) is 27.9 Å². The molecule has 1 unspecified atom stereocenters. The number of carbonyl (C=O) groups is 2. The number of ketones is 1. The lowest BCUT2D eigenvalue weighted by molar-refractivity contribution is -0.136. The molecule has 1 amide bonds. The minimum atomic E-state index is -1.43. The molecular weight excluding hydrogens is 329 g/mol. The highest BCUT2D eigenvalue weighted by Crippen LogP contribution is 2.41. The predicted octanol–water partition coefficient (Wildman–Crippen LogP) is 3.16. The summed E-state index contributed by atoms with van der Waals surface area (Å²) in [7, 11) is 0. The Balaban J connectivity index is 1.99. The zero-order valence-electron chi connectivity index (χ0n) is 11.7. The topological polar surface area (TPSA) is 66.8 Å². The highest BCUT2D eigenvalue weighted by molar-refractivity contribution is 6.42. The van der Waals surface area contributed by atoms with E-state index in [-0.39, 0.29) is 16.8 Å². The molecule has 1 saturated heterocycles. The molecule has 1 aromatic carbocycles. The van der Waals surface area contributed by atoms with Gasteiger partial charge in [0.05, 0.1) is 10.0 Å². The van der Waals surface area contributed by atoms with E-state index >= 15 is 0 Å². The minimum absolute atomic E-state index is 0.0823. The van der Waals surface area contributed by atoms with Crippen molar-refractivity contribution in [3.8, 4) is 0 Å². The third kappa shape index (κ3) is 2.16. The molecular formula is C15H13Cl2NO4. The van der Waals surface area contributed by atoms with Crippen molar-refractivity contribution in [2.75, 3.05) is 6.54 Å². The van der Waals surface area contributed by atoms with Crippen LogP contribution in [0.15, 0.2) is 29.8 Å². The highest BCUT2D eigenvalue weighted by atomic mass is 35.5. The van der Waals surface area contributed by atoms with Gasteiger partial charge < -0.3 is 9.84 Å². The van der Waals surface area contributed by atoms with E-state index in [1.54, 1.807) is 12.1 Å². The Morgan fingerprint density at radius 2 is 2.00 bits per heavy atom. The van der Waals surface area contributed by atoms with E-state index in [1.165, 1.54) is 17.9 Å². The first-order valence-corrected chi connectivity index (χ1v) is 7.53. The van der Waals surface area contributed by atoms with Gasteiger partial charge in [-0.3, -0.25) is 14.5 Å². The van der Waals surface area contributed by atoms with E-state index in [1.807, 2.05) is 0 Å². The van der Waals surface area contributed by atoms with Gasteiger partial charge in [0.2, 0.25) is 17.5 Å². The van der Waals surface area contributed by atoms with Crippen molar-refractivity contribution in [2.24, 2.45) is 0 Å². The molecule has 7 heteroatoms. The SMILES string of the molecule is CC1(c2ccc(Cl)c(Cl)c2)OC(N2CCCC2=O)=C(O)C1=O. The fraction of sp³-hybridized carbons (Fsp3) is 0.333. The van der Waals surface area contributed by atoms with Gasteiger partial charge in [-0.2, -0.15) is 0 Å². The normalized spacial score (nSPS) is 25.1. The Bertz CT molecular complexity index is 715. The van der Waals surface area contributed by atoms with Crippen molar-refractivity contribution in [3.05, 3.63) is 45.5 Å². The molecule has 0 aliphatic carbocycles. The molecule has 1 atom stereocenters. The van der Waals surface area contributed by atoms with Crippen molar-refractivity contribution in [2.45, 2.75) is 25.4 Å². The number of amides is 1. The molecule has 0 spiro atoms. The fourth-order valence-corrected chi connectivity index (χ4v) is 2.94. The van der Waals surface area contributed by atoms with Crippen LogP contribution in [0.3, 0.4) is 0 Å². The maximum absolute atomic E-state index is 12.5. The van der Waals surface area contributed by atoms with Crippen LogP contribution in [0.1, 0.15) is 25.3 Å². The number of carbonyl (C=O) groups excluding carboxylic acids is 2. The molecule has 2 aliphatic rings. The maximum Gasteiger partial charge on any atom is 0.250 e. The summed E-state index contributed by atoms with van der Waals surface area (Å²) in [5, 5.41) is 10.7. The van der Waals surface area contributed by atoms with Crippen molar-refractivity contribution in [1.82, 2.24) is 4.90 Å². The minimum Gasteiger partial charge on any atom is -0.501 e. The molecule has 22 heavy (non-hydrogen) atoms. The van der Waals surface area contributed by atoms with E-state index in [0.29, 0.717) is 30.0 Å². The lowest BCUT2D eigenvalue weighted by Gasteiger charge is -2.26. The number of benzene rings is 1. The summed E-state index contributed by atoms with van der Waals surface area (Å²) in [6.45, 7) is 1.95. The molecule has 0 aromatic heterocycles. The third-order valence-corrected chi connectivity index (χ3v) is 4.68. The largest absolute Gasteiger partial charge is 0.501 e. The van der Waals surface area contributed by atoms with Gasteiger partial charge in [0, 0.05) is 18.5 Å². The van der Waals surface area contributed by atoms with Gasteiger partial charge >= 0.3 is 0 Å². The quantitative estimate of drug-likeness (QED) is 0.897. The number of hydrogen-bond acceptors (Lipinski definition) is 4. The molecule has 1 fully saturated rings. The second-order valence-electron chi connectivity index (χ2n) is 5.40. The predicted molar refractivity (Wildman–Crippen MR) is 80.5 cm³/mol. The van der Waals surface area contributed by atoms with Crippen molar-refractivity contribution >= 4 is 34.9 Å². The number of likely N-dealkylation sites (tertiary alicyclic amines) is 1. The Hall–Kier alpha value is -1.72. The zero-order chi connectivity index (χ0) is 16.1. The number of aliphatic hydroxyl groups excluding tert-OH is 1.